The molecule has 1 aliphatic rings. The Morgan fingerprint density at radius 2 is 1.90 bits per heavy atom. The van der Waals surface area contributed by atoms with Gasteiger partial charge in [0.05, 0.1) is 23.0 Å². The molecule has 0 atom stereocenters. The van der Waals surface area contributed by atoms with Crippen molar-refractivity contribution in [1.29, 1.82) is 5.26 Å². The molecule has 0 amide bonds. The molecule has 0 spiro atoms. The Labute approximate surface area is 130 Å². The molecule has 1 aliphatic heterocycles. The summed E-state index contributed by atoms with van der Waals surface area (Å²) in [5, 5.41) is 9.57. The highest BCUT2D eigenvalue weighted by Crippen LogP contribution is 2.33. The Morgan fingerprint density at radius 1 is 1.14 bits per heavy atom. The number of benzene rings is 2. The smallest absolute Gasteiger partial charge is 0.0992 e. The summed E-state index contributed by atoms with van der Waals surface area (Å²) in [5.41, 5.74) is 4.12. The van der Waals surface area contributed by atoms with Crippen LogP contribution in [0.25, 0.3) is 0 Å². The fourth-order valence-electron chi connectivity index (χ4n) is 2.68. The number of para-hydroxylation sites is 2. The molecule has 0 fully saturated rings. The van der Waals surface area contributed by atoms with Crippen LogP contribution < -0.4 is 9.80 Å². The first-order valence-corrected chi connectivity index (χ1v) is 7.30. The lowest BCUT2D eigenvalue weighted by atomic mass is 10.1. The van der Waals surface area contributed by atoms with E-state index in [1.807, 2.05) is 12.1 Å². The number of hydrogen-bond donors (Lipinski definition) is 0. The van der Waals surface area contributed by atoms with E-state index < -0.39 is 0 Å². The van der Waals surface area contributed by atoms with Crippen LogP contribution >= 0.6 is 11.6 Å². The van der Waals surface area contributed by atoms with Crippen LogP contribution in [0.3, 0.4) is 0 Å². The number of rotatable bonds is 2. The molecule has 106 valence electrons. The normalized spacial score (nSPS) is 13.8. The van der Waals surface area contributed by atoms with Gasteiger partial charge in [0.1, 0.15) is 0 Å². The van der Waals surface area contributed by atoms with Crippen LogP contribution in [0, 0.1) is 11.3 Å². The van der Waals surface area contributed by atoms with E-state index in [0.29, 0.717) is 10.6 Å². The van der Waals surface area contributed by atoms with Gasteiger partial charge < -0.3 is 9.80 Å². The zero-order chi connectivity index (χ0) is 14.8. The Balaban J connectivity index is 1.90. The third-order valence-electron chi connectivity index (χ3n) is 3.88. The second-order valence-corrected chi connectivity index (χ2v) is 5.66. The van der Waals surface area contributed by atoms with Crippen LogP contribution in [0.5, 0.6) is 0 Å². The Hall–Kier alpha value is -2.18. The molecule has 21 heavy (non-hydrogen) atoms. The zero-order valence-electron chi connectivity index (χ0n) is 11.9. The highest BCUT2D eigenvalue weighted by molar-refractivity contribution is 6.31. The first-order chi connectivity index (χ1) is 10.2. The van der Waals surface area contributed by atoms with Gasteiger partial charge in [-0.25, -0.2) is 0 Å². The van der Waals surface area contributed by atoms with Gasteiger partial charge in [-0.1, -0.05) is 29.8 Å². The van der Waals surface area contributed by atoms with Crippen LogP contribution in [0.15, 0.2) is 42.5 Å². The number of fused-ring (bicyclic) bond motifs is 1. The SMILES string of the molecule is CN1CCN(Cc2ccc(C#N)cc2Cl)c2ccccc21. The summed E-state index contributed by atoms with van der Waals surface area (Å²) < 4.78 is 0. The topological polar surface area (TPSA) is 30.3 Å². The lowest BCUT2D eigenvalue weighted by Gasteiger charge is -2.37. The minimum atomic E-state index is 0.600. The molecule has 0 aromatic heterocycles. The molecular weight excluding hydrogens is 282 g/mol. The zero-order valence-corrected chi connectivity index (χ0v) is 12.6. The highest BCUT2D eigenvalue weighted by Gasteiger charge is 2.20. The maximum absolute atomic E-state index is 8.91. The molecule has 2 aromatic rings. The Bertz CT molecular complexity index is 705. The standard InChI is InChI=1S/C17H16ClN3/c1-20-8-9-21(17-5-3-2-4-16(17)20)12-14-7-6-13(11-19)10-15(14)18/h2-7,10H,8-9,12H2,1H3. The molecule has 3 nitrogen and oxygen atoms in total. The molecule has 4 heteroatoms. The van der Waals surface area contributed by atoms with Crippen molar-refractivity contribution in [3.05, 3.63) is 58.6 Å². The van der Waals surface area contributed by atoms with E-state index in [-0.39, 0.29) is 0 Å². The van der Waals surface area contributed by atoms with Crippen LogP contribution in [0.2, 0.25) is 5.02 Å². The van der Waals surface area contributed by atoms with Crippen LogP contribution in [-0.2, 0) is 6.54 Å². The van der Waals surface area contributed by atoms with Gasteiger partial charge in [0, 0.05) is 31.7 Å². The Morgan fingerprint density at radius 3 is 2.62 bits per heavy atom. The number of hydrogen-bond acceptors (Lipinski definition) is 3. The highest BCUT2D eigenvalue weighted by atomic mass is 35.5. The summed E-state index contributed by atoms with van der Waals surface area (Å²) >= 11 is 6.29. The predicted molar refractivity (Wildman–Crippen MR) is 86.9 cm³/mol. The maximum atomic E-state index is 8.91. The fraction of sp³-hybridized carbons (Fsp3) is 0.235. The maximum Gasteiger partial charge on any atom is 0.0992 e. The van der Waals surface area contributed by atoms with Crippen LogP contribution in [0.1, 0.15) is 11.1 Å². The van der Waals surface area contributed by atoms with Crippen molar-refractivity contribution in [2.45, 2.75) is 6.54 Å². The average molecular weight is 298 g/mol. The number of likely N-dealkylation sites (N-methyl/N-ethyl adjacent to an activating group) is 1. The minimum absolute atomic E-state index is 0.600. The summed E-state index contributed by atoms with van der Waals surface area (Å²) in [6.45, 7) is 2.71. The summed E-state index contributed by atoms with van der Waals surface area (Å²) in [6, 6.07) is 16.0. The van der Waals surface area contributed by atoms with E-state index in [0.717, 1.165) is 25.2 Å². The molecule has 0 saturated heterocycles. The number of halogens is 1. The predicted octanol–water partition coefficient (Wildman–Crippen LogP) is 3.67. The molecule has 0 N–H and O–H groups in total. The Kier molecular flexibility index (Phi) is 3.72. The quantitative estimate of drug-likeness (QED) is 0.847. The van der Waals surface area contributed by atoms with Gasteiger partial charge in [0.25, 0.3) is 0 Å². The van der Waals surface area contributed by atoms with Crippen molar-refractivity contribution in [3.8, 4) is 6.07 Å². The molecule has 0 unspecified atom stereocenters. The molecule has 0 bridgehead atoms. The number of anilines is 2. The minimum Gasteiger partial charge on any atom is -0.371 e. The van der Waals surface area contributed by atoms with Gasteiger partial charge in [-0.15, -0.1) is 0 Å². The first-order valence-electron chi connectivity index (χ1n) is 6.92. The fourth-order valence-corrected chi connectivity index (χ4v) is 2.92. The monoisotopic (exact) mass is 297 g/mol. The van der Waals surface area contributed by atoms with Crippen molar-refractivity contribution in [2.24, 2.45) is 0 Å². The van der Waals surface area contributed by atoms with E-state index in [1.165, 1.54) is 11.4 Å². The van der Waals surface area contributed by atoms with Gasteiger partial charge in [-0.3, -0.25) is 0 Å². The van der Waals surface area contributed by atoms with Crippen molar-refractivity contribution in [3.63, 3.8) is 0 Å². The van der Waals surface area contributed by atoms with Gasteiger partial charge in [-0.2, -0.15) is 5.26 Å². The third kappa shape index (κ3) is 2.68. The summed E-state index contributed by atoms with van der Waals surface area (Å²) in [7, 11) is 2.12. The second-order valence-electron chi connectivity index (χ2n) is 5.25. The lowest BCUT2D eigenvalue weighted by Crippen LogP contribution is -2.38. The van der Waals surface area contributed by atoms with E-state index in [2.05, 4.69) is 47.2 Å². The lowest BCUT2D eigenvalue weighted by molar-refractivity contribution is 0.735. The first kappa shape index (κ1) is 13.8. The van der Waals surface area contributed by atoms with Crippen molar-refractivity contribution < 1.29 is 0 Å². The molecule has 2 aromatic carbocycles. The van der Waals surface area contributed by atoms with Gasteiger partial charge >= 0.3 is 0 Å². The number of nitriles is 1. The largest absolute Gasteiger partial charge is 0.371 e. The van der Waals surface area contributed by atoms with Crippen LogP contribution in [0.4, 0.5) is 11.4 Å². The molecule has 1 heterocycles. The third-order valence-corrected chi connectivity index (χ3v) is 4.23. The van der Waals surface area contributed by atoms with Gasteiger partial charge in [-0.05, 0) is 29.8 Å². The molecule has 0 saturated carbocycles. The number of nitrogens with zero attached hydrogens (tertiary/aromatic N) is 3. The van der Waals surface area contributed by atoms with Crippen molar-refractivity contribution in [1.82, 2.24) is 0 Å². The second kappa shape index (κ2) is 5.67. The average Bonchev–Trinajstić information content (AvgIpc) is 2.52. The molecule has 3 rings (SSSR count). The summed E-state index contributed by atoms with van der Waals surface area (Å²) in [6.07, 6.45) is 0. The summed E-state index contributed by atoms with van der Waals surface area (Å²) in [5.74, 6) is 0. The van der Waals surface area contributed by atoms with Crippen molar-refractivity contribution in [2.75, 3.05) is 29.9 Å². The molecule has 0 aliphatic carbocycles. The summed E-state index contributed by atoms with van der Waals surface area (Å²) in [4.78, 5) is 4.61. The van der Waals surface area contributed by atoms with Gasteiger partial charge in [0.2, 0.25) is 0 Å². The van der Waals surface area contributed by atoms with E-state index in [9.17, 15) is 0 Å². The van der Waals surface area contributed by atoms with Crippen LogP contribution in [-0.4, -0.2) is 20.1 Å². The van der Waals surface area contributed by atoms with Gasteiger partial charge in [0.15, 0.2) is 0 Å². The van der Waals surface area contributed by atoms with E-state index >= 15 is 0 Å². The van der Waals surface area contributed by atoms with E-state index in [1.54, 1.807) is 6.07 Å². The molecular formula is C17H16ClN3. The molecule has 0 radical (unpaired) electrons. The van der Waals surface area contributed by atoms with E-state index in [4.69, 9.17) is 16.9 Å². The van der Waals surface area contributed by atoms with Crippen molar-refractivity contribution >= 4 is 23.0 Å².